The zero-order chi connectivity index (χ0) is 17.9. The molecule has 0 bridgehead atoms. The van der Waals surface area contributed by atoms with E-state index in [0.717, 1.165) is 69.6 Å². The lowest BCUT2D eigenvalue weighted by atomic mass is 9.95. The highest BCUT2D eigenvalue weighted by Crippen LogP contribution is 2.24. The fourth-order valence-corrected chi connectivity index (χ4v) is 4.46. The Morgan fingerprint density at radius 3 is 2.46 bits per heavy atom. The SMILES string of the molecule is O=C(C1CCN(Cn2c(=S)oc3ccccc32)CC1)N1CCCCCC1. The normalized spacial score (nSPS) is 20.4. The second-order valence-corrected chi connectivity index (χ2v) is 7.89. The summed E-state index contributed by atoms with van der Waals surface area (Å²) in [5.74, 6) is 0.579. The zero-order valence-electron chi connectivity index (χ0n) is 15.2. The molecule has 4 rings (SSSR count). The molecule has 1 aromatic carbocycles. The van der Waals surface area contributed by atoms with Crippen LogP contribution in [-0.2, 0) is 11.5 Å². The van der Waals surface area contributed by atoms with Crippen molar-refractivity contribution < 1.29 is 9.21 Å². The lowest BCUT2D eigenvalue weighted by Gasteiger charge is -2.34. The standard InChI is InChI=1S/C20H27N3O2S/c24-19(22-11-5-1-2-6-12-22)16-9-13-21(14-10-16)15-23-17-7-3-4-8-18(17)25-20(23)26/h3-4,7-8,16H,1-2,5-6,9-15H2. The maximum Gasteiger partial charge on any atom is 0.270 e. The first kappa shape index (κ1) is 17.7. The summed E-state index contributed by atoms with van der Waals surface area (Å²) in [6.07, 6.45) is 6.74. The number of hydrogen-bond acceptors (Lipinski definition) is 4. The number of para-hydroxylation sites is 2. The van der Waals surface area contributed by atoms with Gasteiger partial charge in [0.25, 0.3) is 4.84 Å². The molecule has 1 aromatic heterocycles. The number of amides is 1. The van der Waals surface area contributed by atoms with Crippen molar-refractivity contribution in [1.82, 2.24) is 14.4 Å². The van der Waals surface area contributed by atoms with Crippen LogP contribution in [0.25, 0.3) is 11.1 Å². The van der Waals surface area contributed by atoms with Crippen LogP contribution >= 0.6 is 12.2 Å². The van der Waals surface area contributed by atoms with E-state index in [-0.39, 0.29) is 5.92 Å². The predicted octanol–water partition coefficient (Wildman–Crippen LogP) is 4.04. The number of piperidine rings is 1. The number of carbonyl (C=O) groups is 1. The number of likely N-dealkylation sites (tertiary alicyclic amines) is 2. The highest BCUT2D eigenvalue weighted by molar-refractivity contribution is 7.71. The zero-order valence-corrected chi connectivity index (χ0v) is 16.0. The molecule has 2 aliphatic heterocycles. The molecule has 3 heterocycles. The number of carbonyl (C=O) groups excluding carboxylic acids is 1. The van der Waals surface area contributed by atoms with Gasteiger partial charge in [-0.05, 0) is 50.0 Å². The molecule has 2 fully saturated rings. The van der Waals surface area contributed by atoms with Crippen LogP contribution < -0.4 is 0 Å². The molecule has 0 N–H and O–H groups in total. The van der Waals surface area contributed by atoms with E-state index in [0.29, 0.717) is 10.7 Å². The maximum atomic E-state index is 12.8. The third kappa shape index (κ3) is 3.71. The molecular weight excluding hydrogens is 346 g/mol. The number of oxazole rings is 1. The van der Waals surface area contributed by atoms with E-state index in [9.17, 15) is 4.79 Å². The maximum absolute atomic E-state index is 12.8. The number of nitrogens with zero attached hydrogens (tertiary/aromatic N) is 3. The molecule has 6 heteroatoms. The van der Waals surface area contributed by atoms with E-state index >= 15 is 0 Å². The van der Waals surface area contributed by atoms with Crippen molar-refractivity contribution in [2.45, 2.75) is 45.2 Å². The minimum Gasteiger partial charge on any atom is -0.429 e. The van der Waals surface area contributed by atoms with Gasteiger partial charge in [-0.3, -0.25) is 14.3 Å². The topological polar surface area (TPSA) is 41.6 Å². The lowest BCUT2D eigenvalue weighted by Crippen LogP contribution is -2.43. The summed E-state index contributed by atoms with van der Waals surface area (Å²) in [4.78, 5) is 17.8. The van der Waals surface area contributed by atoms with Gasteiger partial charge in [0.05, 0.1) is 12.2 Å². The first-order valence-electron chi connectivity index (χ1n) is 9.82. The molecule has 0 spiro atoms. The Bertz CT molecular complexity index is 812. The van der Waals surface area contributed by atoms with Gasteiger partial charge in [0.15, 0.2) is 5.58 Å². The molecule has 140 valence electrons. The van der Waals surface area contributed by atoms with Crippen molar-refractivity contribution in [3.8, 4) is 0 Å². The Kier molecular flexibility index (Phi) is 5.41. The molecule has 0 saturated carbocycles. The van der Waals surface area contributed by atoms with Gasteiger partial charge in [-0.1, -0.05) is 25.0 Å². The average Bonchev–Trinajstić information content (AvgIpc) is 2.84. The van der Waals surface area contributed by atoms with E-state index < -0.39 is 0 Å². The van der Waals surface area contributed by atoms with Crippen LogP contribution in [-0.4, -0.2) is 46.5 Å². The Morgan fingerprint density at radius 2 is 1.73 bits per heavy atom. The molecule has 0 radical (unpaired) electrons. The molecule has 0 unspecified atom stereocenters. The van der Waals surface area contributed by atoms with Crippen molar-refractivity contribution in [1.29, 1.82) is 0 Å². The second-order valence-electron chi connectivity index (χ2n) is 7.54. The van der Waals surface area contributed by atoms with Gasteiger partial charge in [-0.25, -0.2) is 0 Å². The minimum atomic E-state index is 0.193. The largest absolute Gasteiger partial charge is 0.429 e. The first-order valence-corrected chi connectivity index (χ1v) is 10.2. The van der Waals surface area contributed by atoms with Crippen molar-refractivity contribution in [2.75, 3.05) is 26.2 Å². The van der Waals surface area contributed by atoms with Crippen LogP contribution in [0.3, 0.4) is 0 Å². The van der Waals surface area contributed by atoms with Crippen LogP contribution in [0.1, 0.15) is 38.5 Å². The van der Waals surface area contributed by atoms with E-state index in [1.54, 1.807) is 0 Å². The fraction of sp³-hybridized carbons (Fsp3) is 0.600. The summed E-state index contributed by atoms with van der Waals surface area (Å²) < 4.78 is 7.74. The van der Waals surface area contributed by atoms with Crippen LogP contribution in [0.5, 0.6) is 0 Å². The van der Waals surface area contributed by atoms with Crippen molar-refractivity contribution in [3.63, 3.8) is 0 Å². The molecule has 2 saturated heterocycles. The van der Waals surface area contributed by atoms with Crippen molar-refractivity contribution in [2.24, 2.45) is 5.92 Å². The summed E-state index contributed by atoms with van der Waals surface area (Å²) in [6.45, 7) is 4.52. The minimum absolute atomic E-state index is 0.193. The van der Waals surface area contributed by atoms with Gasteiger partial charge < -0.3 is 9.32 Å². The molecule has 1 amide bonds. The van der Waals surface area contributed by atoms with Crippen molar-refractivity contribution >= 4 is 29.2 Å². The monoisotopic (exact) mass is 373 g/mol. The second kappa shape index (κ2) is 7.92. The molecule has 2 aromatic rings. The number of benzene rings is 1. The number of fused-ring (bicyclic) bond motifs is 1. The summed E-state index contributed by atoms with van der Waals surface area (Å²) in [5, 5.41) is 0. The van der Waals surface area contributed by atoms with Gasteiger partial charge in [-0.15, -0.1) is 0 Å². The van der Waals surface area contributed by atoms with Gasteiger partial charge in [-0.2, -0.15) is 0 Å². The third-order valence-corrected chi connectivity index (χ3v) is 6.07. The Balaban J connectivity index is 1.37. The lowest BCUT2D eigenvalue weighted by molar-refractivity contribution is -0.137. The van der Waals surface area contributed by atoms with E-state index in [2.05, 4.69) is 14.4 Å². The third-order valence-electron chi connectivity index (χ3n) is 5.77. The fourth-order valence-electron chi connectivity index (χ4n) is 4.22. The number of rotatable bonds is 3. The van der Waals surface area contributed by atoms with Gasteiger partial charge in [0.2, 0.25) is 5.91 Å². The summed E-state index contributed by atoms with van der Waals surface area (Å²) in [5.41, 5.74) is 1.88. The highest BCUT2D eigenvalue weighted by atomic mass is 32.1. The summed E-state index contributed by atoms with van der Waals surface area (Å²) >= 11 is 5.39. The summed E-state index contributed by atoms with van der Waals surface area (Å²) in [6, 6.07) is 7.97. The van der Waals surface area contributed by atoms with Crippen LogP contribution in [0.4, 0.5) is 0 Å². The predicted molar refractivity (Wildman–Crippen MR) is 104 cm³/mol. The quantitative estimate of drug-likeness (QED) is 0.762. The summed E-state index contributed by atoms with van der Waals surface area (Å²) in [7, 11) is 0. The molecule has 0 aliphatic carbocycles. The number of hydrogen-bond donors (Lipinski definition) is 0. The van der Waals surface area contributed by atoms with Gasteiger partial charge in [0, 0.05) is 32.1 Å². The molecule has 26 heavy (non-hydrogen) atoms. The molecule has 5 nitrogen and oxygen atoms in total. The Hall–Kier alpha value is -1.66. The molecular formula is C20H27N3O2S. The van der Waals surface area contributed by atoms with Gasteiger partial charge >= 0.3 is 0 Å². The Labute approximate surface area is 159 Å². The van der Waals surface area contributed by atoms with E-state index in [1.807, 2.05) is 24.3 Å². The Morgan fingerprint density at radius 1 is 1.04 bits per heavy atom. The van der Waals surface area contributed by atoms with Crippen molar-refractivity contribution in [3.05, 3.63) is 29.1 Å². The highest BCUT2D eigenvalue weighted by Gasteiger charge is 2.29. The molecule has 0 atom stereocenters. The first-order chi connectivity index (χ1) is 12.7. The van der Waals surface area contributed by atoms with Crippen LogP contribution in [0, 0.1) is 10.8 Å². The van der Waals surface area contributed by atoms with E-state index in [1.165, 1.54) is 12.8 Å². The number of aromatic nitrogens is 1. The smallest absolute Gasteiger partial charge is 0.270 e. The van der Waals surface area contributed by atoms with E-state index in [4.69, 9.17) is 16.6 Å². The van der Waals surface area contributed by atoms with Crippen LogP contribution in [0.15, 0.2) is 28.7 Å². The average molecular weight is 374 g/mol. The molecule has 2 aliphatic rings. The van der Waals surface area contributed by atoms with Gasteiger partial charge in [0.1, 0.15) is 0 Å². The van der Waals surface area contributed by atoms with Crippen LogP contribution in [0.2, 0.25) is 0 Å².